The minimum absolute atomic E-state index is 0.126. The second-order valence-corrected chi connectivity index (χ2v) is 2.42. The van der Waals surface area contributed by atoms with Crippen LogP contribution in [0.4, 0.5) is 0 Å². The van der Waals surface area contributed by atoms with Crippen molar-refractivity contribution in [2.75, 3.05) is 0 Å². The van der Waals surface area contributed by atoms with E-state index in [1.165, 1.54) is 5.38 Å². The van der Waals surface area contributed by atoms with Crippen molar-refractivity contribution in [2.24, 2.45) is 0 Å². The first kappa shape index (κ1) is 7.21. The Balaban J connectivity index is 2.91. The number of hydrogen-bond acceptors (Lipinski definition) is 5. The molecule has 0 saturated heterocycles. The average Bonchev–Trinajstić information content (AvgIpc) is 2.34. The van der Waals surface area contributed by atoms with Crippen molar-refractivity contribution in [3.8, 4) is 6.07 Å². The first-order valence-electron chi connectivity index (χ1n) is 2.45. The predicted octanol–water partition coefficient (Wildman–Crippen LogP) is -1.31. The third-order valence-corrected chi connectivity index (χ3v) is 1.65. The van der Waals surface area contributed by atoms with Crippen LogP contribution in [0.5, 0.6) is 0 Å². The van der Waals surface area contributed by atoms with Crippen molar-refractivity contribution in [1.29, 1.82) is 5.26 Å². The Morgan fingerprint density at radius 2 is 2.40 bits per heavy atom. The SMILES string of the molecule is N#Cc1nc(B(O)O)cs1. The van der Waals surface area contributed by atoms with Gasteiger partial charge in [-0.15, -0.1) is 11.3 Å². The molecule has 0 aliphatic carbocycles. The topological polar surface area (TPSA) is 77.1 Å². The fourth-order valence-electron chi connectivity index (χ4n) is 0.456. The molecule has 0 saturated carbocycles. The van der Waals surface area contributed by atoms with Gasteiger partial charge < -0.3 is 10.0 Å². The lowest BCUT2D eigenvalue weighted by Gasteiger charge is -1.86. The van der Waals surface area contributed by atoms with Gasteiger partial charge in [0, 0.05) is 5.38 Å². The Hall–Kier alpha value is -0.895. The van der Waals surface area contributed by atoms with E-state index in [2.05, 4.69) is 4.98 Å². The van der Waals surface area contributed by atoms with E-state index in [-0.39, 0.29) is 10.6 Å². The van der Waals surface area contributed by atoms with Crippen molar-refractivity contribution in [1.82, 2.24) is 4.98 Å². The van der Waals surface area contributed by atoms with Gasteiger partial charge in [0.25, 0.3) is 0 Å². The molecule has 50 valence electrons. The van der Waals surface area contributed by atoms with Crippen LogP contribution in [0.25, 0.3) is 0 Å². The highest BCUT2D eigenvalue weighted by Crippen LogP contribution is 1.98. The maximum absolute atomic E-state index is 8.52. The molecule has 0 atom stereocenters. The Morgan fingerprint density at radius 1 is 1.70 bits per heavy atom. The molecule has 1 rings (SSSR count). The molecule has 2 N–H and O–H groups in total. The number of thiazole rings is 1. The summed E-state index contributed by atoms with van der Waals surface area (Å²) in [5, 5.41) is 27.0. The number of rotatable bonds is 1. The molecular formula is C4H3BN2O2S. The standard InChI is InChI=1S/C4H3BN2O2S/c6-1-4-7-3(2-10-4)5(8)9/h2,8-9H. The number of nitrogens with zero attached hydrogens (tertiary/aromatic N) is 2. The van der Waals surface area contributed by atoms with Crippen molar-refractivity contribution in [2.45, 2.75) is 0 Å². The molecule has 0 amide bonds. The van der Waals surface area contributed by atoms with Crippen LogP contribution in [0.3, 0.4) is 0 Å². The average molecular weight is 154 g/mol. The molecule has 1 heterocycles. The van der Waals surface area contributed by atoms with Crippen LogP contribution in [-0.2, 0) is 0 Å². The summed E-state index contributed by atoms with van der Waals surface area (Å²) in [5.41, 5.74) is 0.126. The van der Waals surface area contributed by atoms with E-state index in [9.17, 15) is 0 Å². The maximum Gasteiger partial charge on any atom is 0.509 e. The fourth-order valence-corrected chi connectivity index (χ4v) is 1.07. The molecule has 0 spiro atoms. The molecule has 0 aliphatic rings. The largest absolute Gasteiger partial charge is 0.509 e. The van der Waals surface area contributed by atoms with Gasteiger partial charge in [-0.3, -0.25) is 0 Å². The molecule has 0 fully saturated rings. The van der Waals surface area contributed by atoms with Crippen molar-refractivity contribution >= 4 is 24.0 Å². The Kier molecular flexibility index (Phi) is 2.01. The minimum atomic E-state index is -1.57. The summed E-state index contributed by atoms with van der Waals surface area (Å²) in [6, 6.07) is 1.79. The highest BCUT2D eigenvalue weighted by atomic mass is 32.1. The van der Waals surface area contributed by atoms with Crippen LogP contribution in [0, 0.1) is 11.3 Å². The predicted molar refractivity (Wildman–Crippen MR) is 36.7 cm³/mol. The molecule has 0 aromatic carbocycles. The molecule has 0 unspecified atom stereocenters. The molecule has 1 aromatic rings. The summed E-state index contributed by atoms with van der Waals surface area (Å²) in [6.45, 7) is 0. The van der Waals surface area contributed by atoms with Crippen LogP contribution in [-0.4, -0.2) is 22.2 Å². The first-order valence-corrected chi connectivity index (χ1v) is 3.33. The molecule has 0 aliphatic heterocycles. The van der Waals surface area contributed by atoms with E-state index in [1.807, 2.05) is 0 Å². The summed E-state index contributed by atoms with van der Waals surface area (Å²) < 4.78 is 0. The molecule has 6 heteroatoms. The molecule has 10 heavy (non-hydrogen) atoms. The number of hydrogen-bond donors (Lipinski definition) is 2. The van der Waals surface area contributed by atoms with Crippen molar-refractivity contribution in [3.63, 3.8) is 0 Å². The molecular weight excluding hydrogens is 151 g/mol. The summed E-state index contributed by atoms with van der Waals surface area (Å²) in [7, 11) is -1.57. The zero-order valence-electron chi connectivity index (χ0n) is 4.85. The van der Waals surface area contributed by atoms with Gasteiger partial charge in [-0.05, 0) is 0 Å². The van der Waals surface area contributed by atoms with Gasteiger partial charge in [0.05, 0.1) is 5.59 Å². The van der Waals surface area contributed by atoms with Gasteiger partial charge >= 0.3 is 7.12 Å². The second kappa shape index (κ2) is 2.79. The highest BCUT2D eigenvalue weighted by Gasteiger charge is 2.14. The zero-order valence-corrected chi connectivity index (χ0v) is 5.67. The van der Waals surface area contributed by atoms with Gasteiger partial charge in [-0.25, -0.2) is 4.98 Å². The Labute approximate surface area is 61.5 Å². The van der Waals surface area contributed by atoms with Gasteiger partial charge in [0.2, 0.25) is 0 Å². The highest BCUT2D eigenvalue weighted by molar-refractivity contribution is 7.11. The van der Waals surface area contributed by atoms with E-state index < -0.39 is 7.12 Å². The lowest BCUT2D eigenvalue weighted by atomic mass is 9.88. The molecule has 1 aromatic heterocycles. The fraction of sp³-hybridized carbons (Fsp3) is 0. The van der Waals surface area contributed by atoms with Crippen molar-refractivity contribution in [3.05, 3.63) is 10.4 Å². The molecule has 4 nitrogen and oxygen atoms in total. The lowest BCUT2D eigenvalue weighted by molar-refractivity contribution is 0.424. The Morgan fingerprint density at radius 3 is 2.70 bits per heavy atom. The van der Waals surface area contributed by atoms with Crippen molar-refractivity contribution < 1.29 is 10.0 Å². The van der Waals surface area contributed by atoms with Crippen LogP contribution in [0.1, 0.15) is 5.01 Å². The monoisotopic (exact) mass is 154 g/mol. The summed E-state index contributed by atoms with van der Waals surface area (Å²) >= 11 is 1.09. The lowest BCUT2D eigenvalue weighted by Crippen LogP contribution is -2.30. The minimum Gasteiger partial charge on any atom is -0.422 e. The zero-order chi connectivity index (χ0) is 7.56. The quantitative estimate of drug-likeness (QED) is 0.492. The summed E-state index contributed by atoms with van der Waals surface area (Å²) in [6.07, 6.45) is 0. The van der Waals surface area contributed by atoms with E-state index in [1.54, 1.807) is 6.07 Å². The maximum atomic E-state index is 8.52. The second-order valence-electron chi connectivity index (χ2n) is 1.56. The van der Waals surface area contributed by atoms with Gasteiger partial charge in [-0.2, -0.15) is 5.26 Å². The van der Waals surface area contributed by atoms with E-state index >= 15 is 0 Å². The number of aromatic nitrogens is 1. The molecule has 0 bridgehead atoms. The van der Waals surface area contributed by atoms with E-state index in [4.69, 9.17) is 15.3 Å². The number of nitriles is 1. The smallest absolute Gasteiger partial charge is 0.422 e. The third kappa shape index (κ3) is 1.33. The van der Waals surface area contributed by atoms with Gasteiger partial charge in [0.1, 0.15) is 6.07 Å². The van der Waals surface area contributed by atoms with Crippen LogP contribution in [0.2, 0.25) is 0 Å². The van der Waals surface area contributed by atoms with Crippen LogP contribution >= 0.6 is 11.3 Å². The van der Waals surface area contributed by atoms with Gasteiger partial charge in [0.15, 0.2) is 5.01 Å². The summed E-state index contributed by atoms with van der Waals surface area (Å²) in [4.78, 5) is 3.59. The third-order valence-electron chi connectivity index (χ3n) is 0.882. The normalized spacial score (nSPS) is 8.90. The Bertz CT molecular complexity index is 266. The van der Waals surface area contributed by atoms with Crippen LogP contribution < -0.4 is 5.59 Å². The summed E-state index contributed by atoms with van der Waals surface area (Å²) in [5.74, 6) is 0. The molecule has 0 radical (unpaired) electrons. The first-order chi connectivity index (χ1) is 4.74. The van der Waals surface area contributed by atoms with E-state index in [0.29, 0.717) is 0 Å². The van der Waals surface area contributed by atoms with Crippen LogP contribution in [0.15, 0.2) is 5.38 Å². The van der Waals surface area contributed by atoms with Gasteiger partial charge in [-0.1, -0.05) is 0 Å². The van der Waals surface area contributed by atoms with E-state index in [0.717, 1.165) is 11.3 Å².